The molecular weight excluding hydrogens is 981 g/mol. The fourth-order valence-corrected chi connectivity index (χ4v) is 7.69. The minimum Gasteiger partial charge on any atom is -0.866 e. The monoisotopic (exact) mass is 1030 g/mol. The molecular formula is C42H45CrN12O12S2. The molecule has 0 amide bonds. The van der Waals surface area contributed by atoms with Gasteiger partial charge in [0.1, 0.15) is 5.69 Å². The predicted octanol–water partition coefficient (Wildman–Crippen LogP) is 5.99. The number of H-pyrrole nitrogens is 1. The van der Waals surface area contributed by atoms with E-state index in [0.29, 0.717) is 24.0 Å². The van der Waals surface area contributed by atoms with Crippen LogP contribution >= 0.6 is 0 Å². The van der Waals surface area contributed by atoms with Gasteiger partial charge in [-0.1, -0.05) is 53.7 Å². The van der Waals surface area contributed by atoms with E-state index in [1.54, 1.807) is 0 Å². The quantitative estimate of drug-likeness (QED) is 0.0721. The molecule has 0 aliphatic carbocycles. The Morgan fingerprint density at radius 1 is 0.667 bits per heavy atom. The van der Waals surface area contributed by atoms with Crippen LogP contribution in [0.2, 0.25) is 0 Å². The Bertz CT molecular complexity index is 3320. The van der Waals surface area contributed by atoms with Gasteiger partial charge in [0, 0.05) is 29.5 Å². The van der Waals surface area contributed by atoms with Crippen molar-refractivity contribution in [3.63, 3.8) is 0 Å². The second kappa shape index (κ2) is 20.6. The van der Waals surface area contributed by atoms with Crippen molar-refractivity contribution in [3.8, 4) is 28.8 Å². The van der Waals surface area contributed by atoms with Crippen LogP contribution in [0.4, 0.5) is 34.1 Å². The van der Waals surface area contributed by atoms with E-state index in [1.165, 1.54) is 86.6 Å². The van der Waals surface area contributed by atoms with Crippen molar-refractivity contribution >= 4 is 54.2 Å². The van der Waals surface area contributed by atoms with Crippen molar-refractivity contribution < 1.29 is 59.4 Å². The summed E-state index contributed by atoms with van der Waals surface area (Å²) in [5.41, 5.74) is -1.42. The Labute approximate surface area is 405 Å². The number of aryl methyl sites for hydroxylation is 2. The van der Waals surface area contributed by atoms with Crippen molar-refractivity contribution in [2.75, 3.05) is 0 Å². The van der Waals surface area contributed by atoms with Crippen LogP contribution in [0.15, 0.2) is 108 Å². The van der Waals surface area contributed by atoms with E-state index in [2.05, 4.69) is 30.7 Å². The zero-order chi connectivity index (χ0) is 50.8. The molecule has 27 heteroatoms. The molecule has 0 saturated carbocycles. The molecule has 2 heterocycles. The van der Waals surface area contributed by atoms with Gasteiger partial charge < -0.3 is 15.3 Å². The Kier molecular flexibility index (Phi) is 16.3. The van der Waals surface area contributed by atoms with Crippen molar-refractivity contribution in [2.45, 2.75) is 78.0 Å². The van der Waals surface area contributed by atoms with E-state index < -0.39 is 64.2 Å². The molecule has 1 radical (unpaired) electrons. The number of nitrogens with two attached hydrogens (primary N) is 2. The maximum atomic E-state index is 12.9. The summed E-state index contributed by atoms with van der Waals surface area (Å²) in [6.07, 6.45) is 0.897. The number of aromatic nitrogens is 4. The Morgan fingerprint density at radius 3 is 1.51 bits per heavy atom. The molecule has 24 nitrogen and oxygen atoms in total. The number of rotatable bonds is 12. The first-order chi connectivity index (χ1) is 31.3. The third kappa shape index (κ3) is 13.5. The summed E-state index contributed by atoms with van der Waals surface area (Å²) >= 11 is 0. The number of nitrogens with zero attached hydrogens (tertiary/aromatic N) is 9. The van der Waals surface area contributed by atoms with Crippen LogP contribution in [0.1, 0.15) is 64.1 Å². The SMILES string of the molecule is Cc1[nH]n(-c2cccc(S(N)(=O)=O)c2)c(=O)c1N=Nc1cc(CC(C)(C)C)cc([N+](=O)[O-])c1[O-].Cc1nn(-c2cccc(S(N)(=O)=O)c2)c([O-])c1N=Nc1cc(CC(C)(C)C)cc([N+](=O)[O-])c1[O-].[Cr+3]. The van der Waals surface area contributed by atoms with Crippen molar-refractivity contribution in [1.29, 1.82) is 0 Å². The molecule has 4 aromatic carbocycles. The molecule has 6 aromatic rings. The number of hydrogen-bond acceptors (Lipinski definition) is 17. The topological polar surface area (TPSA) is 381 Å². The summed E-state index contributed by atoms with van der Waals surface area (Å²) in [6, 6.07) is 16.0. The van der Waals surface area contributed by atoms with Crippen molar-refractivity contribution in [2.24, 2.45) is 41.6 Å². The van der Waals surface area contributed by atoms with E-state index in [1.807, 2.05) is 41.5 Å². The van der Waals surface area contributed by atoms with Gasteiger partial charge in [-0.25, -0.2) is 36.5 Å². The van der Waals surface area contributed by atoms with Gasteiger partial charge in [0.2, 0.25) is 20.0 Å². The van der Waals surface area contributed by atoms with E-state index in [0.717, 1.165) is 9.36 Å². The van der Waals surface area contributed by atoms with Gasteiger partial charge in [-0.05, 0) is 97.2 Å². The molecule has 0 bridgehead atoms. The van der Waals surface area contributed by atoms with Gasteiger partial charge in [-0.15, -0.1) is 10.2 Å². The van der Waals surface area contributed by atoms with Crippen LogP contribution in [0.25, 0.3) is 11.4 Å². The number of primary sulfonamides is 2. The van der Waals surface area contributed by atoms with Gasteiger partial charge in [-0.3, -0.25) is 30.1 Å². The molecule has 0 saturated heterocycles. The zero-order valence-electron chi connectivity index (χ0n) is 38.1. The molecule has 363 valence electrons. The summed E-state index contributed by atoms with van der Waals surface area (Å²) in [7, 11) is -7.99. The van der Waals surface area contributed by atoms with Crippen LogP contribution in [0.3, 0.4) is 0 Å². The van der Waals surface area contributed by atoms with Crippen LogP contribution in [-0.2, 0) is 50.2 Å². The smallest absolute Gasteiger partial charge is 0.866 e. The number of nitro groups is 2. The summed E-state index contributed by atoms with van der Waals surface area (Å²) < 4.78 is 48.4. The number of benzene rings is 4. The molecule has 0 aliphatic rings. The van der Waals surface area contributed by atoms with E-state index >= 15 is 0 Å². The van der Waals surface area contributed by atoms with Gasteiger partial charge in [0.15, 0.2) is 5.69 Å². The molecule has 0 aliphatic heterocycles. The largest absolute Gasteiger partial charge is 3.00 e. The normalized spacial score (nSPS) is 12.2. The number of aromatic amines is 1. The van der Waals surface area contributed by atoms with Gasteiger partial charge >= 0.3 is 17.4 Å². The number of azo groups is 2. The molecule has 0 fully saturated rings. The third-order valence-corrected chi connectivity index (χ3v) is 11.2. The first kappa shape index (κ1) is 54.5. The number of hydrogen-bond donors (Lipinski definition) is 3. The standard InChI is InChI=1S/2C21H24N6O6S.Cr/c2*1-12-18(20(29)26(25-12)14-6-5-7-15(10-14)34(22,32)33)24-23-16-8-13(11-21(2,3)4)9-17(19(16)28)27(30)31;/h5-10,28-29H,11H2,1-4H3,(H2,22,32,33);5-10,25,28H,11H2,1-4H3,(H2,22,32,33);/q;;+3/p-3. The Morgan fingerprint density at radius 2 is 1.09 bits per heavy atom. The Balaban J connectivity index is 0.000000296. The van der Waals surface area contributed by atoms with Crippen LogP contribution in [-0.4, -0.2) is 46.2 Å². The second-order valence-electron chi connectivity index (χ2n) is 17.8. The average Bonchev–Trinajstić information content (AvgIpc) is 3.67. The molecule has 0 unspecified atom stereocenters. The molecule has 0 atom stereocenters. The van der Waals surface area contributed by atoms with E-state index in [-0.39, 0.29) is 83.5 Å². The molecule has 5 N–H and O–H groups in total. The van der Waals surface area contributed by atoms with Crippen molar-refractivity contribution in [1.82, 2.24) is 19.6 Å². The first-order valence-corrected chi connectivity index (χ1v) is 23.1. The molecule has 6 rings (SSSR count). The van der Waals surface area contributed by atoms with Crippen LogP contribution < -0.4 is 31.2 Å². The first-order valence-electron chi connectivity index (χ1n) is 20.0. The van der Waals surface area contributed by atoms with Crippen molar-refractivity contribution in [3.05, 3.63) is 126 Å². The predicted molar refractivity (Wildman–Crippen MR) is 241 cm³/mol. The minimum atomic E-state index is -4.00. The van der Waals surface area contributed by atoms with Gasteiger partial charge in [0.05, 0.1) is 53.8 Å². The summed E-state index contributed by atoms with van der Waals surface area (Å²) in [6.45, 7) is 14.7. The second-order valence-corrected chi connectivity index (χ2v) is 20.9. The molecule has 69 heavy (non-hydrogen) atoms. The fraction of sp³-hybridized carbons (Fsp3) is 0.286. The fourth-order valence-electron chi connectivity index (χ4n) is 6.58. The maximum Gasteiger partial charge on any atom is 3.00 e. The van der Waals surface area contributed by atoms with Crippen LogP contribution in [0, 0.1) is 44.9 Å². The molecule has 2 aromatic heterocycles. The summed E-state index contributed by atoms with van der Waals surface area (Å²) in [4.78, 5) is 33.6. The van der Waals surface area contributed by atoms with E-state index in [4.69, 9.17) is 10.3 Å². The number of nitrogens with one attached hydrogen (secondary N) is 1. The Hall–Kier alpha value is -7.15. The van der Waals surface area contributed by atoms with Crippen LogP contribution in [0.5, 0.6) is 17.4 Å². The van der Waals surface area contributed by atoms with E-state index in [9.17, 15) is 57.2 Å². The zero-order valence-corrected chi connectivity index (χ0v) is 41.1. The van der Waals surface area contributed by atoms with Gasteiger partial charge in [-0.2, -0.15) is 15.3 Å². The number of nitro benzene ring substituents is 2. The minimum absolute atomic E-state index is 0. The van der Waals surface area contributed by atoms with Gasteiger partial charge in [0.25, 0.3) is 16.9 Å². The third-order valence-electron chi connectivity index (χ3n) is 9.42. The summed E-state index contributed by atoms with van der Waals surface area (Å²) in [5.74, 6) is -2.56. The average molecular weight is 1030 g/mol. The molecule has 0 spiro atoms. The number of sulfonamides is 2. The summed E-state index contributed by atoms with van der Waals surface area (Å²) in [5, 5.41) is 93.2. The maximum absolute atomic E-state index is 12.9.